The third-order valence-electron chi connectivity index (χ3n) is 9.68. The maximum Gasteiger partial charge on any atom is 0.178 e. The molecule has 232 valence electrons. The van der Waals surface area contributed by atoms with Crippen molar-refractivity contribution in [3.05, 3.63) is 94.4 Å². The molecule has 4 heterocycles. The molecule has 2 aromatic carbocycles. The Morgan fingerprint density at radius 3 is 2.39 bits per heavy atom. The summed E-state index contributed by atoms with van der Waals surface area (Å²) in [7, 11) is 0. The second-order valence-electron chi connectivity index (χ2n) is 12.8. The summed E-state index contributed by atoms with van der Waals surface area (Å²) in [6.45, 7) is 9.52. The maximum absolute atomic E-state index is 13.0. The zero-order valence-electron chi connectivity index (χ0n) is 25.7. The van der Waals surface area contributed by atoms with Crippen LogP contribution < -0.4 is 4.90 Å². The first-order valence-electron chi connectivity index (χ1n) is 15.7. The number of aliphatic hydroxyl groups excluding tert-OH is 1. The maximum atomic E-state index is 13.0. The van der Waals surface area contributed by atoms with E-state index in [-0.39, 0.29) is 23.3 Å². The van der Waals surface area contributed by atoms with Gasteiger partial charge in [-0.3, -0.25) is 9.69 Å². The summed E-state index contributed by atoms with van der Waals surface area (Å²) in [5, 5.41) is 15.9. The number of carbonyl (C=O) groups excluding carboxylic acids is 1. The Bertz CT molecular complexity index is 1570. The molecule has 9 heteroatoms. The molecule has 2 aromatic heterocycles. The summed E-state index contributed by atoms with van der Waals surface area (Å²) in [6.07, 6.45) is 5.54. The number of ether oxygens (including phenoxy) is 1. The molecule has 0 aliphatic carbocycles. The second-order valence-corrected chi connectivity index (χ2v) is 13.3. The highest BCUT2D eigenvalue weighted by Gasteiger charge is 2.36. The molecule has 2 saturated heterocycles. The molecule has 4 aromatic rings. The largest absolute Gasteiger partial charge is 0.395 e. The zero-order valence-corrected chi connectivity index (χ0v) is 26.5. The van der Waals surface area contributed by atoms with Crippen molar-refractivity contribution >= 4 is 28.7 Å². The fourth-order valence-corrected chi connectivity index (χ4v) is 6.78. The van der Waals surface area contributed by atoms with Crippen molar-refractivity contribution in [2.75, 3.05) is 50.9 Å². The molecule has 0 amide bonds. The van der Waals surface area contributed by atoms with Gasteiger partial charge in [-0.05, 0) is 68.5 Å². The van der Waals surface area contributed by atoms with E-state index >= 15 is 0 Å². The first-order valence-corrected chi connectivity index (χ1v) is 16.1. The molecule has 0 spiro atoms. The van der Waals surface area contributed by atoms with E-state index in [1.165, 1.54) is 0 Å². The van der Waals surface area contributed by atoms with E-state index in [1.807, 2.05) is 65.3 Å². The molecular weight excluding hydrogens is 574 g/mol. The van der Waals surface area contributed by atoms with Crippen LogP contribution in [0.25, 0.3) is 5.65 Å². The predicted molar refractivity (Wildman–Crippen MR) is 174 cm³/mol. The number of ketones is 1. The van der Waals surface area contributed by atoms with Crippen LogP contribution in [0, 0.1) is 0 Å². The molecule has 0 atom stereocenters. The molecule has 8 nitrogen and oxygen atoms in total. The van der Waals surface area contributed by atoms with Crippen molar-refractivity contribution in [3.63, 3.8) is 0 Å². The van der Waals surface area contributed by atoms with Crippen LogP contribution in [0.15, 0.2) is 66.9 Å². The van der Waals surface area contributed by atoms with E-state index in [4.69, 9.17) is 26.4 Å². The molecule has 0 unspecified atom stereocenters. The van der Waals surface area contributed by atoms with Crippen LogP contribution >= 0.6 is 11.6 Å². The number of carbonyl (C=O) groups is 1. The molecule has 6 rings (SSSR count). The van der Waals surface area contributed by atoms with E-state index < -0.39 is 0 Å². The Kier molecular flexibility index (Phi) is 9.06. The lowest BCUT2D eigenvalue weighted by molar-refractivity contribution is -0.0129. The van der Waals surface area contributed by atoms with Gasteiger partial charge in [0.2, 0.25) is 0 Å². The average Bonchev–Trinajstić information content (AvgIpc) is 3.47. The predicted octanol–water partition coefficient (Wildman–Crippen LogP) is 5.58. The van der Waals surface area contributed by atoms with Gasteiger partial charge < -0.3 is 14.7 Å². The first kappa shape index (κ1) is 30.7. The van der Waals surface area contributed by atoms with E-state index in [9.17, 15) is 9.90 Å². The quantitative estimate of drug-likeness (QED) is 0.233. The molecular formula is C35H42ClN5O3. The van der Waals surface area contributed by atoms with Crippen molar-refractivity contribution in [2.45, 2.75) is 56.9 Å². The zero-order chi connectivity index (χ0) is 30.7. The number of hydrogen-bond donors (Lipinski definition) is 1. The minimum Gasteiger partial charge on any atom is -0.395 e. The summed E-state index contributed by atoms with van der Waals surface area (Å²) >= 11 is 6.11. The van der Waals surface area contributed by atoms with Crippen molar-refractivity contribution in [3.8, 4) is 0 Å². The lowest BCUT2D eigenvalue weighted by Crippen LogP contribution is -2.50. The Balaban J connectivity index is 1.09. The molecule has 0 radical (unpaired) electrons. The van der Waals surface area contributed by atoms with Gasteiger partial charge in [0.1, 0.15) is 0 Å². The lowest BCUT2D eigenvalue weighted by Gasteiger charge is -2.42. The Hall–Kier alpha value is -3.30. The highest BCUT2D eigenvalue weighted by molar-refractivity contribution is 6.30. The number of halogens is 1. The van der Waals surface area contributed by atoms with Gasteiger partial charge in [0.05, 0.1) is 25.5 Å². The van der Waals surface area contributed by atoms with Crippen LogP contribution in [0.3, 0.4) is 0 Å². The number of morpholine rings is 1. The van der Waals surface area contributed by atoms with Gasteiger partial charge in [-0.1, -0.05) is 48.0 Å². The number of aromatic nitrogens is 3. The molecule has 1 N–H and O–H groups in total. The van der Waals surface area contributed by atoms with Gasteiger partial charge >= 0.3 is 0 Å². The monoisotopic (exact) mass is 615 g/mol. The van der Waals surface area contributed by atoms with Gasteiger partial charge in [0, 0.05) is 66.8 Å². The van der Waals surface area contributed by atoms with Crippen LogP contribution in [0.5, 0.6) is 0 Å². The number of rotatable bonds is 10. The van der Waals surface area contributed by atoms with Crippen LogP contribution in [0.2, 0.25) is 5.02 Å². The Morgan fingerprint density at radius 2 is 1.70 bits per heavy atom. The molecule has 44 heavy (non-hydrogen) atoms. The molecule has 2 aliphatic rings. The highest BCUT2D eigenvalue weighted by atomic mass is 35.5. The SMILES string of the molecule is CC(C)(CCC(=O)c1ccc(Cc2nc3c(N4CCC(CO)(c5ccc(Cl)cc5)CC4)cccn3n2)cc1)N1CCOCC1. The molecule has 2 aliphatic heterocycles. The summed E-state index contributed by atoms with van der Waals surface area (Å²) < 4.78 is 7.34. The normalized spacial score (nSPS) is 17.7. The number of fused-ring (bicyclic) bond motifs is 1. The minimum atomic E-state index is -0.266. The third kappa shape index (κ3) is 6.54. The van der Waals surface area contributed by atoms with Crippen molar-refractivity contribution < 1.29 is 14.6 Å². The first-order chi connectivity index (χ1) is 21.3. The minimum absolute atomic E-state index is 0.0279. The van der Waals surface area contributed by atoms with Gasteiger partial charge in [-0.15, -0.1) is 0 Å². The topological polar surface area (TPSA) is 83.2 Å². The fraction of sp³-hybridized carbons (Fsp3) is 0.457. The van der Waals surface area contributed by atoms with Crippen LogP contribution in [0.1, 0.15) is 66.8 Å². The van der Waals surface area contributed by atoms with Gasteiger partial charge in [-0.25, -0.2) is 9.50 Å². The van der Waals surface area contributed by atoms with Crippen molar-refractivity contribution in [2.24, 2.45) is 0 Å². The van der Waals surface area contributed by atoms with Crippen molar-refractivity contribution in [1.29, 1.82) is 0 Å². The summed E-state index contributed by atoms with van der Waals surface area (Å²) in [5.74, 6) is 0.919. The van der Waals surface area contributed by atoms with E-state index in [2.05, 4.69) is 29.7 Å². The number of anilines is 1. The third-order valence-corrected chi connectivity index (χ3v) is 9.93. The lowest BCUT2D eigenvalue weighted by atomic mass is 9.73. The molecule has 0 bridgehead atoms. The number of aliphatic hydroxyl groups is 1. The standard InChI is InChI=1S/C35H42ClN5O3/c1-34(2,40-20-22-44-23-21-40)14-13-31(43)27-7-5-26(6-8-27)24-32-37-33-30(4-3-17-41(33)38-32)39-18-15-35(25-42,16-19-39)28-9-11-29(36)12-10-28/h3-12,17,42H,13-16,18-25H2,1-2H3. The number of Topliss-reactive ketones (excluding diaryl/α,β-unsaturated/α-hetero) is 1. The van der Waals surface area contributed by atoms with Crippen LogP contribution in [-0.4, -0.2) is 81.9 Å². The highest BCUT2D eigenvalue weighted by Crippen LogP contribution is 2.38. The van der Waals surface area contributed by atoms with Crippen molar-refractivity contribution in [1.82, 2.24) is 19.5 Å². The molecule has 2 fully saturated rings. The Labute approximate surface area is 264 Å². The van der Waals surface area contributed by atoms with E-state index in [0.29, 0.717) is 17.9 Å². The Morgan fingerprint density at radius 1 is 1.00 bits per heavy atom. The molecule has 0 saturated carbocycles. The fourth-order valence-electron chi connectivity index (χ4n) is 6.66. The number of nitrogens with zero attached hydrogens (tertiary/aromatic N) is 5. The average molecular weight is 616 g/mol. The van der Waals surface area contributed by atoms with Crippen LogP contribution in [-0.2, 0) is 16.6 Å². The number of piperidine rings is 1. The van der Waals surface area contributed by atoms with E-state index in [1.54, 1.807) is 0 Å². The summed E-state index contributed by atoms with van der Waals surface area (Å²) in [4.78, 5) is 22.7. The summed E-state index contributed by atoms with van der Waals surface area (Å²) in [5.41, 5.74) is 4.55. The van der Waals surface area contributed by atoms with Gasteiger partial charge in [0.25, 0.3) is 0 Å². The van der Waals surface area contributed by atoms with E-state index in [0.717, 1.165) is 92.5 Å². The van der Waals surface area contributed by atoms with Gasteiger partial charge in [-0.2, -0.15) is 5.10 Å². The summed E-state index contributed by atoms with van der Waals surface area (Å²) in [6, 6.07) is 19.9. The second kappa shape index (κ2) is 13.0. The van der Waals surface area contributed by atoms with Crippen LogP contribution in [0.4, 0.5) is 5.69 Å². The number of benzene rings is 2. The number of hydrogen-bond acceptors (Lipinski definition) is 7. The number of pyridine rings is 1. The smallest absolute Gasteiger partial charge is 0.178 e. The van der Waals surface area contributed by atoms with Gasteiger partial charge in [0.15, 0.2) is 17.3 Å².